The minimum atomic E-state index is -4.67. The van der Waals surface area contributed by atoms with Crippen LogP contribution < -0.4 is 11.1 Å². The smallest absolute Gasteiger partial charge is 0.368 e. The summed E-state index contributed by atoms with van der Waals surface area (Å²) in [7, 11) is 0. The van der Waals surface area contributed by atoms with Crippen molar-refractivity contribution in [2.75, 3.05) is 0 Å². The Bertz CT molecular complexity index is 497. The van der Waals surface area contributed by atoms with E-state index in [1.54, 1.807) is 0 Å². The van der Waals surface area contributed by atoms with Gasteiger partial charge < -0.3 is 5.73 Å². The van der Waals surface area contributed by atoms with E-state index in [9.17, 15) is 22.4 Å². The third-order valence-electron chi connectivity index (χ3n) is 2.85. The number of hydrogen-bond acceptors (Lipinski definition) is 2. The number of carbonyl (C=O) groups is 1. The van der Waals surface area contributed by atoms with Gasteiger partial charge in [0.05, 0.1) is 5.56 Å². The molecule has 1 unspecified atom stereocenters. The van der Waals surface area contributed by atoms with Crippen LogP contribution in [0.2, 0.25) is 0 Å². The minimum absolute atomic E-state index is 0.0510. The third-order valence-corrected chi connectivity index (χ3v) is 2.85. The normalized spacial score (nSPS) is 17.3. The molecule has 1 aromatic carbocycles. The molecule has 104 valence electrons. The average Bonchev–Trinajstić information content (AvgIpc) is 3.07. The largest absolute Gasteiger partial charge is 0.416 e. The first-order chi connectivity index (χ1) is 8.77. The van der Waals surface area contributed by atoms with Gasteiger partial charge in [-0.15, -0.1) is 0 Å². The molecule has 0 bridgehead atoms. The van der Waals surface area contributed by atoms with E-state index in [4.69, 9.17) is 5.73 Å². The summed E-state index contributed by atoms with van der Waals surface area (Å²) >= 11 is 0. The Labute approximate surface area is 106 Å². The first-order valence-corrected chi connectivity index (χ1v) is 5.70. The van der Waals surface area contributed by atoms with E-state index < -0.39 is 29.5 Å². The Balaban J connectivity index is 2.35. The fraction of sp³-hybridized carbons (Fsp3) is 0.417. The van der Waals surface area contributed by atoms with Gasteiger partial charge in [-0.25, -0.2) is 4.39 Å². The Morgan fingerprint density at radius 3 is 2.42 bits per heavy atom. The van der Waals surface area contributed by atoms with Gasteiger partial charge in [-0.1, -0.05) is 0 Å². The van der Waals surface area contributed by atoms with E-state index >= 15 is 0 Å². The quantitative estimate of drug-likeness (QED) is 0.828. The van der Waals surface area contributed by atoms with Crippen LogP contribution >= 0.6 is 0 Å². The molecule has 2 rings (SSSR count). The number of carbonyl (C=O) groups excluding carboxylic acids is 1. The van der Waals surface area contributed by atoms with Crippen molar-refractivity contribution in [2.45, 2.75) is 31.1 Å². The summed E-state index contributed by atoms with van der Waals surface area (Å²) < 4.78 is 51.0. The van der Waals surface area contributed by atoms with Crippen molar-refractivity contribution in [3.8, 4) is 0 Å². The predicted octanol–water partition coefficient (Wildman–Crippen LogP) is 2.12. The lowest BCUT2D eigenvalue weighted by atomic mass is 10.0. The molecule has 1 fully saturated rings. The van der Waals surface area contributed by atoms with Crippen LogP contribution in [-0.2, 0) is 11.0 Å². The van der Waals surface area contributed by atoms with Crippen LogP contribution in [0.3, 0.4) is 0 Å². The zero-order valence-electron chi connectivity index (χ0n) is 9.80. The Hall–Kier alpha value is -1.63. The van der Waals surface area contributed by atoms with E-state index in [2.05, 4.69) is 5.32 Å². The molecule has 7 heteroatoms. The lowest BCUT2D eigenvalue weighted by Crippen LogP contribution is -2.35. The molecule has 19 heavy (non-hydrogen) atoms. The number of primary amides is 1. The molecule has 0 spiro atoms. The molecule has 1 aliphatic carbocycles. The van der Waals surface area contributed by atoms with Gasteiger partial charge in [-0.2, -0.15) is 13.2 Å². The number of nitrogens with two attached hydrogens (primary N) is 1. The van der Waals surface area contributed by atoms with E-state index in [0.717, 1.165) is 25.0 Å². The summed E-state index contributed by atoms with van der Waals surface area (Å²) in [5, 5.41) is 2.80. The van der Waals surface area contributed by atoms with Crippen molar-refractivity contribution in [1.82, 2.24) is 5.32 Å². The van der Waals surface area contributed by atoms with Crippen molar-refractivity contribution >= 4 is 5.91 Å². The Morgan fingerprint density at radius 2 is 1.95 bits per heavy atom. The zero-order valence-corrected chi connectivity index (χ0v) is 9.80. The van der Waals surface area contributed by atoms with Crippen molar-refractivity contribution in [1.29, 1.82) is 0 Å². The maximum absolute atomic E-state index is 13.3. The van der Waals surface area contributed by atoms with Crippen LogP contribution in [0, 0.1) is 5.82 Å². The van der Waals surface area contributed by atoms with Gasteiger partial charge in [0.15, 0.2) is 0 Å². The highest BCUT2D eigenvalue weighted by Gasteiger charge is 2.34. The van der Waals surface area contributed by atoms with Crippen molar-refractivity contribution in [3.63, 3.8) is 0 Å². The molecule has 0 radical (unpaired) electrons. The lowest BCUT2D eigenvalue weighted by Gasteiger charge is -2.17. The summed E-state index contributed by atoms with van der Waals surface area (Å²) in [4.78, 5) is 11.3. The molecule has 1 saturated carbocycles. The van der Waals surface area contributed by atoms with Gasteiger partial charge in [0, 0.05) is 6.04 Å². The average molecular weight is 276 g/mol. The van der Waals surface area contributed by atoms with E-state index in [1.165, 1.54) is 0 Å². The first kappa shape index (κ1) is 13.8. The second kappa shape index (κ2) is 4.80. The topological polar surface area (TPSA) is 55.1 Å². The van der Waals surface area contributed by atoms with E-state index in [1.807, 2.05) is 0 Å². The summed E-state index contributed by atoms with van der Waals surface area (Å²) in [6, 6.07) is 0.964. The molecule has 3 nitrogen and oxygen atoms in total. The third kappa shape index (κ3) is 3.44. The maximum Gasteiger partial charge on any atom is 0.416 e. The van der Waals surface area contributed by atoms with Crippen molar-refractivity contribution in [3.05, 3.63) is 35.1 Å². The number of benzene rings is 1. The van der Waals surface area contributed by atoms with Gasteiger partial charge in [-0.3, -0.25) is 10.1 Å². The monoisotopic (exact) mass is 276 g/mol. The minimum Gasteiger partial charge on any atom is -0.368 e. The molecule has 0 heterocycles. The van der Waals surface area contributed by atoms with Gasteiger partial charge >= 0.3 is 6.18 Å². The van der Waals surface area contributed by atoms with Crippen LogP contribution in [0.5, 0.6) is 0 Å². The molecule has 1 amide bonds. The molecule has 1 aliphatic rings. The molecular formula is C12H12F4N2O. The lowest BCUT2D eigenvalue weighted by molar-refractivity contribution is -0.138. The Kier molecular flexibility index (Phi) is 3.49. The van der Waals surface area contributed by atoms with Crippen LogP contribution in [0.25, 0.3) is 0 Å². The number of rotatable bonds is 4. The highest BCUT2D eigenvalue weighted by molar-refractivity contribution is 5.81. The van der Waals surface area contributed by atoms with Crippen molar-refractivity contribution < 1.29 is 22.4 Å². The number of nitrogens with one attached hydrogen (secondary N) is 1. The number of halogens is 4. The van der Waals surface area contributed by atoms with Crippen LogP contribution in [0.15, 0.2) is 18.2 Å². The second-order valence-electron chi connectivity index (χ2n) is 4.55. The Morgan fingerprint density at radius 1 is 1.32 bits per heavy atom. The van der Waals surface area contributed by atoms with E-state index in [0.29, 0.717) is 6.07 Å². The SMILES string of the molecule is NC(=O)C(NC1CC1)c1cc(F)cc(C(F)(F)F)c1. The van der Waals surface area contributed by atoms with Crippen LogP contribution in [0.1, 0.15) is 30.0 Å². The highest BCUT2D eigenvalue weighted by Crippen LogP contribution is 2.32. The molecule has 0 aromatic heterocycles. The number of alkyl halides is 3. The predicted molar refractivity (Wildman–Crippen MR) is 59.5 cm³/mol. The second-order valence-corrected chi connectivity index (χ2v) is 4.55. The highest BCUT2D eigenvalue weighted by atomic mass is 19.4. The molecule has 0 saturated heterocycles. The maximum atomic E-state index is 13.3. The zero-order chi connectivity index (χ0) is 14.2. The van der Waals surface area contributed by atoms with Gasteiger partial charge in [0.25, 0.3) is 0 Å². The number of amides is 1. The molecule has 1 aromatic rings. The molecular weight excluding hydrogens is 264 g/mol. The summed E-state index contributed by atoms with van der Waals surface area (Å²) in [5.74, 6) is -1.88. The van der Waals surface area contributed by atoms with Crippen molar-refractivity contribution in [2.24, 2.45) is 5.73 Å². The summed E-state index contributed by atoms with van der Waals surface area (Å²) in [5.41, 5.74) is 3.91. The van der Waals surface area contributed by atoms with Crippen LogP contribution in [0.4, 0.5) is 17.6 Å². The van der Waals surface area contributed by atoms with Gasteiger partial charge in [0.2, 0.25) is 5.91 Å². The fourth-order valence-electron chi connectivity index (χ4n) is 1.77. The fourth-order valence-corrected chi connectivity index (χ4v) is 1.77. The summed E-state index contributed by atoms with van der Waals surface area (Å²) in [6.45, 7) is 0. The standard InChI is InChI=1S/C12H12F4N2O/c13-8-4-6(3-7(5-8)12(14,15)16)10(11(17)19)18-9-1-2-9/h3-5,9-10,18H,1-2H2,(H2,17,19). The van der Waals surface area contributed by atoms with Gasteiger partial charge in [-0.05, 0) is 36.6 Å². The van der Waals surface area contributed by atoms with E-state index in [-0.39, 0.29) is 11.6 Å². The number of hydrogen-bond donors (Lipinski definition) is 2. The molecule has 1 atom stereocenters. The summed E-state index contributed by atoms with van der Waals surface area (Å²) in [6.07, 6.45) is -3.02. The first-order valence-electron chi connectivity index (χ1n) is 5.70. The van der Waals surface area contributed by atoms with Gasteiger partial charge in [0.1, 0.15) is 11.9 Å². The molecule has 0 aliphatic heterocycles. The molecule has 3 N–H and O–H groups in total. The van der Waals surface area contributed by atoms with Crippen LogP contribution in [-0.4, -0.2) is 11.9 Å².